The molecule has 0 unspecified atom stereocenters. The fraction of sp³-hybridized carbons (Fsp3) is 0.103. The van der Waals surface area contributed by atoms with E-state index in [2.05, 4.69) is 25.5 Å². The van der Waals surface area contributed by atoms with Gasteiger partial charge in [-0.05, 0) is 55.5 Å². The molecule has 6 rings (SSSR count). The lowest BCUT2D eigenvalue weighted by Gasteiger charge is -2.10. The molecule has 10 nitrogen and oxygen atoms in total. The van der Waals surface area contributed by atoms with Gasteiger partial charge < -0.3 is 10.1 Å². The highest BCUT2D eigenvalue weighted by Crippen LogP contribution is 2.28. The molecule has 0 aliphatic heterocycles. The minimum Gasteiger partial charge on any atom is -0.462 e. The third-order valence-electron chi connectivity index (χ3n) is 6.42. The number of alkyl halides is 2. The Balaban J connectivity index is 1.34. The van der Waals surface area contributed by atoms with Crippen molar-refractivity contribution in [1.82, 2.24) is 29.2 Å². The number of anilines is 1. The Bertz CT molecular complexity index is 1970. The monoisotopic (exact) mass is 571 g/mol. The van der Waals surface area contributed by atoms with Gasteiger partial charge in [0, 0.05) is 23.0 Å². The number of benzene rings is 2. The molecule has 13 heteroatoms. The zero-order chi connectivity index (χ0) is 29.4. The zero-order valence-electron chi connectivity index (χ0n) is 21.8. The molecular formula is C29H20F3N7O3. The molecule has 0 spiro atoms. The number of fused-ring (bicyclic) bond motifs is 2. The molecule has 4 heterocycles. The number of carbonyl (C=O) groups is 2. The second-order valence-corrected chi connectivity index (χ2v) is 9.05. The molecule has 0 radical (unpaired) electrons. The maximum atomic E-state index is 13.9. The molecule has 0 saturated carbocycles. The number of nitrogens with zero attached hydrogens (tertiary/aromatic N) is 6. The molecule has 2 aromatic carbocycles. The number of aromatic nitrogens is 6. The van der Waals surface area contributed by atoms with E-state index in [4.69, 9.17) is 4.74 Å². The molecule has 0 atom stereocenters. The molecular weight excluding hydrogens is 551 g/mol. The standard InChI is InChI=1S/C29H20F3N7O3/c1-2-42-29(41)21-15-35-38-23(10-11-33-26(21)38)17-4-3-5-19(12-17)36-28(40)20-14-34-39-24(25(31)32)13-22(37-27(20)39)16-6-8-18(30)9-7-16/h3-15,25H,2H2,1H3,(H,36,40). The molecule has 1 N–H and O–H groups in total. The molecule has 4 aromatic heterocycles. The minimum absolute atomic E-state index is 0.0382. The van der Waals surface area contributed by atoms with E-state index in [-0.39, 0.29) is 29.1 Å². The maximum absolute atomic E-state index is 13.9. The normalized spacial score (nSPS) is 11.4. The second kappa shape index (κ2) is 10.8. The van der Waals surface area contributed by atoms with Crippen LogP contribution in [-0.2, 0) is 4.74 Å². The van der Waals surface area contributed by atoms with Gasteiger partial charge in [-0.1, -0.05) is 12.1 Å². The predicted octanol–water partition coefficient (Wildman–Crippen LogP) is 5.61. The number of rotatable bonds is 7. The lowest BCUT2D eigenvalue weighted by molar-refractivity contribution is 0.0528. The van der Waals surface area contributed by atoms with Gasteiger partial charge in [0.2, 0.25) is 0 Å². The smallest absolute Gasteiger partial charge is 0.343 e. The van der Waals surface area contributed by atoms with Crippen LogP contribution in [0.4, 0.5) is 18.9 Å². The van der Waals surface area contributed by atoms with Gasteiger partial charge >= 0.3 is 5.97 Å². The Hall–Kier alpha value is -5.59. The number of ether oxygens (including phenoxy) is 1. The van der Waals surface area contributed by atoms with Gasteiger partial charge in [-0.2, -0.15) is 10.2 Å². The summed E-state index contributed by atoms with van der Waals surface area (Å²) in [6, 6.07) is 14.9. The topological polar surface area (TPSA) is 116 Å². The van der Waals surface area contributed by atoms with Gasteiger partial charge in [0.15, 0.2) is 11.3 Å². The average Bonchev–Trinajstić information content (AvgIpc) is 3.62. The molecule has 1 amide bonds. The first kappa shape index (κ1) is 26.6. The largest absolute Gasteiger partial charge is 0.462 e. The molecule has 42 heavy (non-hydrogen) atoms. The predicted molar refractivity (Wildman–Crippen MR) is 146 cm³/mol. The van der Waals surface area contributed by atoms with E-state index in [1.165, 1.54) is 41.2 Å². The van der Waals surface area contributed by atoms with Crippen molar-refractivity contribution in [2.24, 2.45) is 0 Å². The van der Waals surface area contributed by atoms with Crippen LogP contribution in [-0.4, -0.2) is 47.7 Å². The van der Waals surface area contributed by atoms with Crippen molar-refractivity contribution in [2.45, 2.75) is 13.3 Å². The molecule has 0 saturated heterocycles. The van der Waals surface area contributed by atoms with E-state index in [0.29, 0.717) is 28.2 Å². The average molecular weight is 572 g/mol. The van der Waals surface area contributed by atoms with Gasteiger partial charge in [-0.15, -0.1) is 0 Å². The summed E-state index contributed by atoms with van der Waals surface area (Å²) >= 11 is 0. The van der Waals surface area contributed by atoms with E-state index in [1.54, 1.807) is 37.3 Å². The third kappa shape index (κ3) is 4.80. The van der Waals surface area contributed by atoms with Crippen LogP contribution < -0.4 is 5.32 Å². The van der Waals surface area contributed by atoms with Crippen molar-refractivity contribution in [3.05, 3.63) is 102 Å². The summed E-state index contributed by atoms with van der Waals surface area (Å²) in [5.74, 6) is -1.66. The fourth-order valence-corrected chi connectivity index (χ4v) is 4.49. The van der Waals surface area contributed by atoms with Crippen molar-refractivity contribution < 1.29 is 27.5 Å². The van der Waals surface area contributed by atoms with Crippen molar-refractivity contribution >= 4 is 28.9 Å². The van der Waals surface area contributed by atoms with Crippen molar-refractivity contribution in [3.63, 3.8) is 0 Å². The van der Waals surface area contributed by atoms with Crippen LogP contribution in [0.2, 0.25) is 0 Å². The quantitative estimate of drug-likeness (QED) is 0.248. The first-order valence-electron chi connectivity index (χ1n) is 12.7. The lowest BCUT2D eigenvalue weighted by atomic mass is 10.1. The van der Waals surface area contributed by atoms with Crippen molar-refractivity contribution in [3.8, 4) is 22.5 Å². The van der Waals surface area contributed by atoms with Gasteiger partial charge in [-0.3, -0.25) is 4.79 Å². The van der Waals surface area contributed by atoms with Crippen LogP contribution in [0, 0.1) is 5.82 Å². The molecule has 0 bridgehead atoms. The third-order valence-corrected chi connectivity index (χ3v) is 6.42. The maximum Gasteiger partial charge on any atom is 0.343 e. The summed E-state index contributed by atoms with van der Waals surface area (Å²) < 4.78 is 48.8. The number of hydrogen-bond donors (Lipinski definition) is 1. The summed E-state index contributed by atoms with van der Waals surface area (Å²) in [5.41, 5.74) is 2.10. The van der Waals surface area contributed by atoms with Crippen molar-refractivity contribution in [2.75, 3.05) is 11.9 Å². The number of carbonyl (C=O) groups excluding carboxylic acids is 2. The highest BCUT2D eigenvalue weighted by molar-refractivity contribution is 6.08. The fourth-order valence-electron chi connectivity index (χ4n) is 4.49. The van der Waals surface area contributed by atoms with Crippen LogP contribution in [0.1, 0.15) is 39.8 Å². The molecule has 0 fully saturated rings. The van der Waals surface area contributed by atoms with E-state index < -0.39 is 29.8 Å². The SMILES string of the molecule is CCOC(=O)c1cnn2c(-c3cccc(NC(=O)c4cnn5c(C(F)F)cc(-c6ccc(F)cc6)nc45)c3)ccnc12. The van der Waals surface area contributed by atoms with E-state index in [1.807, 2.05) is 0 Å². The first-order chi connectivity index (χ1) is 20.3. The van der Waals surface area contributed by atoms with Crippen LogP contribution >= 0.6 is 0 Å². The van der Waals surface area contributed by atoms with Gasteiger partial charge in [0.1, 0.15) is 22.6 Å². The van der Waals surface area contributed by atoms with Gasteiger partial charge in [0.25, 0.3) is 12.3 Å². The first-order valence-corrected chi connectivity index (χ1v) is 12.7. The van der Waals surface area contributed by atoms with Crippen LogP contribution in [0.25, 0.3) is 33.8 Å². The number of hydrogen-bond acceptors (Lipinski definition) is 7. The molecule has 0 aliphatic rings. The van der Waals surface area contributed by atoms with Crippen LogP contribution in [0.3, 0.4) is 0 Å². The Morgan fingerprint density at radius 1 is 0.929 bits per heavy atom. The molecule has 6 aromatic rings. The Labute approximate surface area is 235 Å². The molecule has 0 aliphatic carbocycles. The minimum atomic E-state index is -2.91. The second-order valence-electron chi connectivity index (χ2n) is 9.05. The van der Waals surface area contributed by atoms with E-state index in [0.717, 1.165) is 16.8 Å². The van der Waals surface area contributed by atoms with E-state index in [9.17, 15) is 22.8 Å². The van der Waals surface area contributed by atoms with Gasteiger partial charge in [-0.25, -0.2) is 37.0 Å². The van der Waals surface area contributed by atoms with Gasteiger partial charge in [0.05, 0.1) is 30.4 Å². The summed E-state index contributed by atoms with van der Waals surface area (Å²) in [4.78, 5) is 34.3. The highest BCUT2D eigenvalue weighted by atomic mass is 19.3. The summed E-state index contributed by atoms with van der Waals surface area (Å²) in [7, 11) is 0. The molecule has 210 valence electrons. The number of amides is 1. The summed E-state index contributed by atoms with van der Waals surface area (Å²) in [6.45, 7) is 1.91. The highest BCUT2D eigenvalue weighted by Gasteiger charge is 2.22. The summed E-state index contributed by atoms with van der Waals surface area (Å²) in [5, 5.41) is 11.0. The Morgan fingerprint density at radius 2 is 1.69 bits per heavy atom. The lowest BCUT2D eigenvalue weighted by Crippen LogP contribution is -2.13. The Morgan fingerprint density at radius 3 is 2.45 bits per heavy atom. The number of esters is 1. The Kier molecular flexibility index (Phi) is 6.82. The summed E-state index contributed by atoms with van der Waals surface area (Å²) in [6.07, 6.45) is 1.16. The van der Waals surface area contributed by atoms with Crippen LogP contribution in [0.15, 0.2) is 79.3 Å². The zero-order valence-corrected chi connectivity index (χ0v) is 21.8. The number of halogens is 3. The van der Waals surface area contributed by atoms with Crippen molar-refractivity contribution in [1.29, 1.82) is 0 Å². The number of nitrogens with one attached hydrogen (secondary N) is 1. The van der Waals surface area contributed by atoms with E-state index >= 15 is 0 Å². The van der Waals surface area contributed by atoms with Crippen LogP contribution in [0.5, 0.6) is 0 Å².